The van der Waals surface area contributed by atoms with Crippen LogP contribution in [0.15, 0.2) is 35.8 Å². The number of hydrogen-bond acceptors (Lipinski definition) is 10. The lowest BCUT2D eigenvalue weighted by Crippen LogP contribution is -2.61. The monoisotopic (exact) mass is 835 g/mol. The van der Waals surface area contributed by atoms with Gasteiger partial charge in [0.15, 0.2) is 0 Å². The molecule has 4 aromatic rings. The Hall–Kier alpha value is -4.68. The highest BCUT2D eigenvalue weighted by Crippen LogP contribution is 2.43. The smallest absolute Gasteiger partial charge is 0.324 e. The number of methoxy groups -OCH3 is 1. The molecule has 60 heavy (non-hydrogen) atoms. The summed E-state index contributed by atoms with van der Waals surface area (Å²) in [6, 6.07) is 7.02. The van der Waals surface area contributed by atoms with Gasteiger partial charge in [-0.2, -0.15) is 0 Å². The fourth-order valence-electron chi connectivity index (χ4n) is 9.44. The number of pyridine rings is 1. The number of aromatic nitrogens is 3. The van der Waals surface area contributed by atoms with Crippen LogP contribution >= 0.6 is 11.3 Å². The molecule has 2 N–H and O–H groups in total. The number of rotatable bonds is 7. The number of ether oxygens (including phenoxy) is 2. The van der Waals surface area contributed by atoms with Crippen molar-refractivity contribution in [3.05, 3.63) is 62.5 Å². The first-order chi connectivity index (χ1) is 28.9. The Kier molecular flexibility index (Phi) is 12.2. The van der Waals surface area contributed by atoms with Crippen LogP contribution in [0.1, 0.15) is 100 Å². The highest BCUT2D eigenvalue weighted by molar-refractivity contribution is 7.10. The van der Waals surface area contributed by atoms with E-state index in [2.05, 4.69) is 90.3 Å². The van der Waals surface area contributed by atoms with Gasteiger partial charge in [0.05, 0.1) is 34.8 Å². The Morgan fingerprint density at radius 2 is 1.95 bits per heavy atom. The summed E-state index contributed by atoms with van der Waals surface area (Å²) in [7, 11) is 3.92. The molecular weight excluding hydrogens is 777 g/mol. The zero-order valence-corrected chi connectivity index (χ0v) is 36.6. The van der Waals surface area contributed by atoms with Crippen molar-refractivity contribution in [2.45, 2.75) is 116 Å². The fourth-order valence-corrected chi connectivity index (χ4v) is 10.3. The molecule has 5 atom stereocenters. The van der Waals surface area contributed by atoms with Crippen molar-refractivity contribution in [2.24, 2.45) is 11.3 Å². The second kappa shape index (κ2) is 17.4. The summed E-state index contributed by atoms with van der Waals surface area (Å²) in [5.74, 6) is -0.948. The topological polar surface area (TPSA) is 135 Å². The van der Waals surface area contributed by atoms with Crippen LogP contribution in [-0.2, 0) is 43.2 Å². The number of nitrogens with zero attached hydrogens (tertiary/aromatic N) is 6. The zero-order chi connectivity index (χ0) is 42.3. The van der Waals surface area contributed by atoms with E-state index in [1.54, 1.807) is 7.11 Å². The lowest BCUT2D eigenvalue weighted by Gasteiger charge is -2.36. The van der Waals surface area contributed by atoms with Gasteiger partial charge in [-0.3, -0.25) is 24.4 Å². The molecule has 8 rings (SSSR count). The number of benzene rings is 1. The van der Waals surface area contributed by atoms with Gasteiger partial charge < -0.3 is 24.3 Å². The Morgan fingerprint density at radius 3 is 2.67 bits per heavy atom. The quantitative estimate of drug-likeness (QED) is 0.194. The number of thiazole rings is 1. The number of piperidine rings is 1. The fraction of sp³-hybridized carbons (Fsp3) is 0.565. The molecule has 2 amide bonds. The summed E-state index contributed by atoms with van der Waals surface area (Å²) in [4.78, 5) is 58.1. The van der Waals surface area contributed by atoms with E-state index in [1.165, 1.54) is 21.9 Å². The van der Waals surface area contributed by atoms with Gasteiger partial charge in [0.1, 0.15) is 18.0 Å². The first kappa shape index (κ1) is 42.0. The molecule has 6 heterocycles. The predicted octanol–water partition coefficient (Wildman–Crippen LogP) is 6.75. The summed E-state index contributed by atoms with van der Waals surface area (Å²) in [6.07, 6.45) is 7.31. The maximum absolute atomic E-state index is 14.2. The summed E-state index contributed by atoms with van der Waals surface area (Å²) in [6.45, 7) is 17.5. The Labute approximate surface area is 357 Å². The van der Waals surface area contributed by atoms with Gasteiger partial charge in [-0.05, 0) is 108 Å². The van der Waals surface area contributed by atoms with Crippen molar-refractivity contribution in [3.63, 3.8) is 0 Å². The number of likely N-dealkylation sites (tertiary alicyclic amines) is 1. The van der Waals surface area contributed by atoms with Gasteiger partial charge in [-0.25, -0.2) is 10.4 Å². The number of aryl methyl sites for hydroxylation is 1. The van der Waals surface area contributed by atoms with Crippen LogP contribution in [-0.4, -0.2) is 101 Å². The van der Waals surface area contributed by atoms with Crippen molar-refractivity contribution in [1.29, 1.82) is 0 Å². The first-order valence-electron chi connectivity index (χ1n) is 21.6. The van der Waals surface area contributed by atoms with Crippen LogP contribution in [0.2, 0.25) is 0 Å². The number of fused-ring (bicyclic) bond motifs is 6. The van der Waals surface area contributed by atoms with E-state index in [0.29, 0.717) is 38.1 Å². The van der Waals surface area contributed by atoms with Gasteiger partial charge in [-0.15, -0.1) is 11.3 Å². The average molecular weight is 836 g/mol. The third-order valence-electron chi connectivity index (χ3n) is 13.2. The summed E-state index contributed by atoms with van der Waals surface area (Å²) >= 11 is 1.47. The molecule has 318 valence electrons. The van der Waals surface area contributed by atoms with Gasteiger partial charge in [0, 0.05) is 72.1 Å². The largest absolute Gasteiger partial charge is 0.464 e. The maximum Gasteiger partial charge on any atom is 0.324 e. The molecule has 2 saturated heterocycles. The number of carbonyl (C=O) groups excluding carboxylic acids is 3. The van der Waals surface area contributed by atoms with Crippen LogP contribution in [0.4, 0.5) is 0 Å². The number of hydrogen-bond donors (Lipinski definition) is 2. The molecule has 6 bridgehead atoms. The van der Waals surface area contributed by atoms with Gasteiger partial charge >= 0.3 is 5.97 Å². The van der Waals surface area contributed by atoms with Crippen LogP contribution in [0, 0.1) is 17.9 Å². The molecular formula is C46H59N8O5S+. The van der Waals surface area contributed by atoms with Crippen molar-refractivity contribution >= 4 is 40.0 Å². The molecule has 3 fully saturated rings. The molecule has 3 aromatic heterocycles. The van der Waals surface area contributed by atoms with Crippen molar-refractivity contribution < 1.29 is 23.9 Å². The lowest BCUT2D eigenvalue weighted by atomic mass is 9.79. The minimum atomic E-state index is -0.909. The molecule has 0 spiro atoms. The molecule has 14 heteroatoms. The third kappa shape index (κ3) is 8.34. The number of nitrogens with one attached hydrogen (secondary N) is 2. The summed E-state index contributed by atoms with van der Waals surface area (Å²) in [5.41, 5.74) is 11.0. The highest BCUT2D eigenvalue weighted by atomic mass is 32.1. The minimum absolute atomic E-state index is 0.175. The first-order valence-corrected chi connectivity index (χ1v) is 22.5. The normalized spacial score (nSPS) is 24.6. The van der Waals surface area contributed by atoms with Crippen molar-refractivity contribution in [1.82, 2.24) is 35.2 Å². The van der Waals surface area contributed by atoms with Crippen molar-refractivity contribution in [3.8, 4) is 29.1 Å². The second-order valence-electron chi connectivity index (χ2n) is 18.0. The van der Waals surface area contributed by atoms with Crippen LogP contribution < -0.4 is 10.7 Å². The van der Waals surface area contributed by atoms with E-state index in [4.69, 9.17) is 26.0 Å². The summed E-state index contributed by atoms with van der Waals surface area (Å²) in [5, 5.41) is 8.34. The van der Waals surface area contributed by atoms with E-state index < -0.39 is 23.5 Å². The zero-order valence-electron chi connectivity index (χ0n) is 35.8. The van der Waals surface area contributed by atoms with Crippen LogP contribution in [0.25, 0.3) is 38.3 Å². The number of amides is 2. The maximum atomic E-state index is 14.2. The van der Waals surface area contributed by atoms with Gasteiger partial charge in [0.2, 0.25) is 5.91 Å². The standard InChI is InChI=1S/C46H58N8O5S/c1-8-53-39-14-11-29-20-32(39)34(42(53)33-21-30(24-48-41(33)27(2)58-7)28-15-18-52(6)19-16-28)23-46(3,4)26-59-45(57)36-10-9-17-54(51-36)44(56)37(22-40-49-38(29)25-60-40)50-43(55)31-12-13-35(31)47-5/h5,11,14,20-21,24-25,27-28,31,35-37,51H,8-10,12-13,15-19,22-23,26H2,1-4,6-7H3/p+1/t27-,31+,35+,36-,37-/m0/s1. The van der Waals surface area contributed by atoms with Crippen LogP contribution in [0.3, 0.4) is 0 Å². The Balaban J connectivity index is 1.25. The van der Waals surface area contributed by atoms with Gasteiger partial charge in [-0.1, -0.05) is 24.8 Å². The number of cyclic esters (lactones) is 1. The third-order valence-corrected chi connectivity index (χ3v) is 14.1. The van der Waals surface area contributed by atoms with E-state index in [-0.39, 0.29) is 42.9 Å². The lowest BCUT2D eigenvalue weighted by molar-refractivity contribution is -0.155. The molecule has 0 unspecified atom stereocenters. The van der Waals surface area contributed by atoms with Crippen LogP contribution in [0.5, 0.6) is 0 Å². The van der Waals surface area contributed by atoms with Gasteiger partial charge in [0.25, 0.3) is 18.5 Å². The molecule has 3 aliphatic heterocycles. The minimum Gasteiger partial charge on any atom is -0.464 e. The molecule has 4 aliphatic rings. The number of hydrazine groups is 1. The molecule has 1 aromatic carbocycles. The second-order valence-corrected chi connectivity index (χ2v) is 19.0. The SMILES string of the molecule is C#[N+][C@@H]1CC[C@H]1C(=O)N[C@H]1Cc2nc(cs2)-c2ccc3c(c2)c(c(-c2cc(C4CCN(C)CC4)cnc2[C@H](C)OC)n3CC)CC(C)(C)COC(=O)[C@@H]2CCCN(N2)C1=O. The predicted molar refractivity (Wildman–Crippen MR) is 234 cm³/mol. The van der Waals surface area contributed by atoms with Crippen molar-refractivity contribution in [2.75, 3.05) is 40.4 Å². The Bertz CT molecular complexity index is 2300. The number of carbonyl (C=O) groups is 3. The van der Waals surface area contributed by atoms with E-state index in [0.717, 1.165) is 88.6 Å². The molecule has 1 saturated carbocycles. The highest BCUT2D eigenvalue weighted by Gasteiger charge is 2.46. The molecule has 0 radical (unpaired) electrons. The summed E-state index contributed by atoms with van der Waals surface area (Å²) < 4.78 is 14.5. The van der Waals surface area contributed by atoms with E-state index >= 15 is 0 Å². The van der Waals surface area contributed by atoms with E-state index in [1.807, 2.05) is 5.38 Å². The van der Waals surface area contributed by atoms with E-state index in [9.17, 15) is 14.4 Å². The Morgan fingerprint density at radius 1 is 1.15 bits per heavy atom. The molecule has 1 aliphatic carbocycles. The molecule has 13 nitrogen and oxygen atoms in total. The average Bonchev–Trinajstić information content (AvgIpc) is 3.83. The number of esters is 1.